The molecule has 0 spiro atoms. The molecule has 0 aliphatic rings. The van der Waals surface area contributed by atoms with E-state index in [-0.39, 0.29) is 23.0 Å². The number of benzene rings is 3. The van der Waals surface area contributed by atoms with Crippen LogP contribution in [0.4, 0.5) is 5.69 Å². The van der Waals surface area contributed by atoms with E-state index >= 15 is 0 Å². The fourth-order valence-electron chi connectivity index (χ4n) is 4.10. The molecule has 1 unspecified atom stereocenters. The molecule has 2 amide bonds. The number of rotatable bonds is 12. The number of nitrogens with zero attached hydrogens (tertiary/aromatic N) is 2. The summed E-state index contributed by atoms with van der Waals surface area (Å²) in [5.41, 5.74) is 1.30. The first kappa shape index (κ1) is 31.7. The van der Waals surface area contributed by atoms with Crippen molar-refractivity contribution >= 4 is 62.3 Å². The van der Waals surface area contributed by atoms with Gasteiger partial charge >= 0.3 is 0 Å². The Balaban J connectivity index is 2.06. The Labute approximate surface area is 251 Å². The lowest BCUT2D eigenvalue weighted by molar-refractivity contribution is -0.139. The predicted octanol–water partition coefficient (Wildman–Crippen LogP) is 6.48. The van der Waals surface area contributed by atoms with Gasteiger partial charge in [0.1, 0.15) is 12.6 Å². The lowest BCUT2D eigenvalue weighted by Gasteiger charge is -2.32. The third-order valence-corrected chi connectivity index (χ3v) is 9.14. The molecular weight excluding hydrogens is 593 g/mol. The quantitative estimate of drug-likeness (QED) is 0.234. The summed E-state index contributed by atoms with van der Waals surface area (Å²) in [5.74, 6) is -0.979. The van der Waals surface area contributed by atoms with Gasteiger partial charge in [0, 0.05) is 33.7 Å². The van der Waals surface area contributed by atoms with E-state index < -0.39 is 28.5 Å². The van der Waals surface area contributed by atoms with Gasteiger partial charge in [-0.15, -0.1) is 0 Å². The molecule has 0 heterocycles. The second-order valence-corrected chi connectivity index (χ2v) is 12.4. The fraction of sp³-hybridized carbons (Fsp3) is 0.310. The number of halogens is 3. The van der Waals surface area contributed by atoms with E-state index in [9.17, 15) is 18.0 Å². The molecule has 0 saturated heterocycles. The van der Waals surface area contributed by atoms with E-state index in [1.54, 1.807) is 68.4 Å². The Hall–Kier alpha value is -2.78. The van der Waals surface area contributed by atoms with Crippen molar-refractivity contribution in [3.63, 3.8) is 0 Å². The van der Waals surface area contributed by atoms with Crippen LogP contribution >= 0.6 is 34.8 Å². The van der Waals surface area contributed by atoms with Gasteiger partial charge in [-0.05, 0) is 68.3 Å². The van der Waals surface area contributed by atoms with Gasteiger partial charge in [0.25, 0.3) is 10.0 Å². The van der Waals surface area contributed by atoms with E-state index in [2.05, 4.69) is 5.32 Å². The van der Waals surface area contributed by atoms with Gasteiger partial charge < -0.3 is 10.2 Å². The Morgan fingerprint density at radius 3 is 2.20 bits per heavy atom. The Kier molecular flexibility index (Phi) is 11.3. The molecule has 3 rings (SSSR count). The number of hydrogen-bond acceptors (Lipinski definition) is 4. The molecule has 0 aromatic heterocycles. The minimum absolute atomic E-state index is 0.0169. The zero-order chi connectivity index (χ0) is 29.4. The lowest BCUT2D eigenvalue weighted by Crippen LogP contribution is -2.51. The predicted molar refractivity (Wildman–Crippen MR) is 162 cm³/mol. The van der Waals surface area contributed by atoms with Gasteiger partial charge in [-0.1, -0.05) is 72.4 Å². The normalized spacial score (nSPS) is 12.1. The molecule has 7 nitrogen and oxygen atoms in total. The highest BCUT2D eigenvalue weighted by Gasteiger charge is 2.33. The van der Waals surface area contributed by atoms with Crippen molar-refractivity contribution in [3.8, 4) is 0 Å². The Morgan fingerprint density at radius 2 is 1.60 bits per heavy atom. The SMILES string of the molecule is CCCCNC(=O)C(C)N(Cc1c(Cl)cccc1Cl)C(=O)CN(c1ccc(Cl)cc1C)S(=O)(=O)c1ccccc1. The van der Waals surface area contributed by atoms with Crippen molar-refractivity contribution < 1.29 is 18.0 Å². The molecule has 3 aromatic carbocycles. The van der Waals surface area contributed by atoms with Gasteiger partial charge in [0.15, 0.2) is 0 Å². The minimum atomic E-state index is -4.18. The smallest absolute Gasteiger partial charge is 0.264 e. The molecule has 11 heteroatoms. The van der Waals surface area contributed by atoms with E-state index in [0.29, 0.717) is 32.7 Å². The van der Waals surface area contributed by atoms with Gasteiger partial charge in [-0.3, -0.25) is 13.9 Å². The highest BCUT2D eigenvalue weighted by Crippen LogP contribution is 2.30. The van der Waals surface area contributed by atoms with Crippen molar-refractivity contribution in [2.24, 2.45) is 0 Å². The maximum Gasteiger partial charge on any atom is 0.264 e. The average Bonchev–Trinajstić information content (AvgIpc) is 2.92. The summed E-state index contributed by atoms with van der Waals surface area (Å²) < 4.78 is 28.8. The minimum Gasteiger partial charge on any atom is -0.354 e. The maximum absolute atomic E-state index is 14.0. The van der Waals surface area contributed by atoms with Crippen LogP contribution in [0.1, 0.15) is 37.8 Å². The van der Waals surface area contributed by atoms with Gasteiger partial charge in [-0.2, -0.15) is 0 Å². The summed E-state index contributed by atoms with van der Waals surface area (Å²) in [6.07, 6.45) is 1.67. The number of sulfonamides is 1. The largest absolute Gasteiger partial charge is 0.354 e. The van der Waals surface area contributed by atoms with Crippen LogP contribution in [0, 0.1) is 6.92 Å². The summed E-state index contributed by atoms with van der Waals surface area (Å²) >= 11 is 19.0. The molecule has 3 aromatic rings. The van der Waals surface area contributed by atoms with Crippen LogP contribution in [0.15, 0.2) is 71.6 Å². The van der Waals surface area contributed by atoms with Crippen LogP contribution in [-0.4, -0.2) is 44.3 Å². The van der Waals surface area contributed by atoms with Crippen molar-refractivity contribution in [2.75, 3.05) is 17.4 Å². The number of carbonyl (C=O) groups is 2. The van der Waals surface area contributed by atoms with Crippen molar-refractivity contribution in [3.05, 3.63) is 92.9 Å². The van der Waals surface area contributed by atoms with Crippen LogP contribution in [0.25, 0.3) is 0 Å². The number of aryl methyl sites for hydroxylation is 1. The van der Waals surface area contributed by atoms with Crippen molar-refractivity contribution in [1.82, 2.24) is 10.2 Å². The molecule has 1 N–H and O–H groups in total. The topological polar surface area (TPSA) is 86.8 Å². The fourth-order valence-corrected chi connectivity index (χ4v) is 6.35. The van der Waals surface area contributed by atoms with Crippen LogP contribution < -0.4 is 9.62 Å². The Bertz CT molecular complexity index is 1430. The molecule has 1 atom stereocenters. The molecule has 0 saturated carbocycles. The molecule has 0 aliphatic carbocycles. The van der Waals surface area contributed by atoms with Crippen LogP contribution in [0.3, 0.4) is 0 Å². The monoisotopic (exact) mass is 623 g/mol. The molecule has 0 fully saturated rings. The third kappa shape index (κ3) is 7.69. The van der Waals surface area contributed by atoms with E-state index in [1.807, 2.05) is 6.92 Å². The molecule has 0 aliphatic heterocycles. The first-order valence-electron chi connectivity index (χ1n) is 12.8. The summed E-state index contributed by atoms with van der Waals surface area (Å²) in [6, 6.07) is 16.6. The number of nitrogens with one attached hydrogen (secondary N) is 1. The van der Waals surface area contributed by atoms with E-state index in [1.165, 1.54) is 17.0 Å². The molecule has 0 radical (unpaired) electrons. The van der Waals surface area contributed by atoms with Crippen molar-refractivity contribution in [1.29, 1.82) is 0 Å². The van der Waals surface area contributed by atoms with Crippen molar-refractivity contribution in [2.45, 2.75) is 51.1 Å². The number of hydrogen-bond donors (Lipinski definition) is 1. The summed E-state index contributed by atoms with van der Waals surface area (Å²) in [6.45, 7) is 5.09. The third-order valence-electron chi connectivity index (χ3n) is 6.42. The van der Waals surface area contributed by atoms with Crippen LogP contribution in [0.2, 0.25) is 15.1 Å². The molecule has 40 heavy (non-hydrogen) atoms. The Morgan fingerprint density at radius 1 is 0.950 bits per heavy atom. The van der Waals surface area contributed by atoms with E-state index in [0.717, 1.165) is 17.1 Å². The number of unbranched alkanes of at least 4 members (excludes halogenated alkanes) is 1. The standard InChI is InChI=1S/C29H32Cl3N3O4S/c1-4-5-16-33-29(37)21(3)34(18-24-25(31)12-9-13-26(24)32)28(36)19-35(27-15-14-22(30)17-20(27)2)40(38,39)23-10-7-6-8-11-23/h6-15,17,21H,4-5,16,18-19H2,1-3H3,(H,33,37). The first-order valence-corrected chi connectivity index (χ1v) is 15.4. The summed E-state index contributed by atoms with van der Waals surface area (Å²) in [4.78, 5) is 28.4. The first-order chi connectivity index (χ1) is 19.0. The highest BCUT2D eigenvalue weighted by molar-refractivity contribution is 7.92. The molecular formula is C29H32Cl3N3O4S. The van der Waals surface area contributed by atoms with Gasteiger partial charge in [0.2, 0.25) is 11.8 Å². The lowest BCUT2D eigenvalue weighted by atomic mass is 10.1. The molecule has 214 valence electrons. The average molecular weight is 625 g/mol. The molecule has 0 bridgehead atoms. The summed E-state index contributed by atoms with van der Waals surface area (Å²) in [7, 11) is -4.18. The van der Waals surface area contributed by atoms with Crippen LogP contribution in [-0.2, 0) is 26.2 Å². The zero-order valence-electron chi connectivity index (χ0n) is 22.5. The van der Waals surface area contributed by atoms with E-state index in [4.69, 9.17) is 34.8 Å². The second kappa shape index (κ2) is 14.2. The maximum atomic E-state index is 14.0. The second-order valence-electron chi connectivity index (χ2n) is 9.30. The zero-order valence-corrected chi connectivity index (χ0v) is 25.6. The summed E-state index contributed by atoms with van der Waals surface area (Å²) in [5, 5.41) is 3.92. The van der Waals surface area contributed by atoms with Crippen LogP contribution in [0.5, 0.6) is 0 Å². The number of carbonyl (C=O) groups excluding carboxylic acids is 2. The number of anilines is 1. The van der Waals surface area contributed by atoms with Gasteiger partial charge in [0.05, 0.1) is 10.6 Å². The number of amides is 2. The highest BCUT2D eigenvalue weighted by atomic mass is 35.5. The van der Waals surface area contributed by atoms with Gasteiger partial charge in [-0.25, -0.2) is 8.42 Å².